The average molecular weight is 319 g/mol. The maximum absolute atomic E-state index is 11.9. The fraction of sp³-hybridized carbons (Fsp3) is 0.188. The van der Waals surface area contributed by atoms with E-state index in [9.17, 15) is 4.79 Å². The molecule has 0 bridgehead atoms. The first kappa shape index (κ1) is 13.8. The standard InChI is InChI=1S/C16H15BrO2/c17-15(14-9-5-2-6-10-14)16(18)19-12-11-13-7-3-1-4-8-13/h1-10,15H,11-12H2/t15-/m0/s1. The van der Waals surface area contributed by atoms with Gasteiger partial charge in [0.15, 0.2) is 0 Å². The molecule has 1 atom stereocenters. The van der Waals surface area contributed by atoms with Gasteiger partial charge in [0.25, 0.3) is 0 Å². The van der Waals surface area contributed by atoms with Crippen LogP contribution in [-0.2, 0) is 16.0 Å². The summed E-state index contributed by atoms with van der Waals surface area (Å²) in [6, 6.07) is 19.5. The largest absolute Gasteiger partial charge is 0.464 e. The van der Waals surface area contributed by atoms with E-state index in [0.29, 0.717) is 6.61 Å². The zero-order chi connectivity index (χ0) is 13.5. The van der Waals surface area contributed by atoms with Gasteiger partial charge in [0.2, 0.25) is 0 Å². The molecule has 2 rings (SSSR count). The minimum absolute atomic E-state index is 0.248. The van der Waals surface area contributed by atoms with Crippen molar-refractivity contribution in [3.63, 3.8) is 0 Å². The van der Waals surface area contributed by atoms with Crippen molar-refractivity contribution in [2.45, 2.75) is 11.2 Å². The first-order valence-corrected chi connectivity index (χ1v) is 7.08. The summed E-state index contributed by atoms with van der Waals surface area (Å²) in [7, 11) is 0. The molecule has 2 aromatic rings. The number of rotatable bonds is 5. The van der Waals surface area contributed by atoms with Crippen LogP contribution >= 0.6 is 15.9 Å². The zero-order valence-electron chi connectivity index (χ0n) is 10.5. The molecule has 0 N–H and O–H groups in total. The Morgan fingerprint density at radius 1 is 1.00 bits per heavy atom. The molecule has 0 fully saturated rings. The fourth-order valence-electron chi connectivity index (χ4n) is 1.75. The summed E-state index contributed by atoms with van der Waals surface area (Å²) in [6.07, 6.45) is 0.737. The van der Waals surface area contributed by atoms with Crippen molar-refractivity contribution >= 4 is 21.9 Å². The van der Waals surface area contributed by atoms with Crippen molar-refractivity contribution in [1.82, 2.24) is 0 Å². The van der Waals surface area contributed by atoms with E-state index in [4.69, 9.17) is 4.74 Å². The van der Waals surface area contributed by atoms with Crippen LogP contribution in [0.4, 0.5) is 0 Å². The first-order valence-electron chi connectivity index (χ1n) is 6.17. The lowest BCUT2D eigenvalue weighted by Crippen LogP contribution is -2.13. The van der Waals surface area contributed by atoms with Crippen LogP contribution < -0.4 is 0 Å². The van der Waals surface area contributed by atoms with Crippen LogP contribution in [0.1, 0.15) is 16.0 Å². The minimum atomic E-state index is -0.399. The normalized spacial score (nSPS) is 11.8. The van der Waals surface area contributed by atoms with Crippen LogP contribution in [-0.4, -0.2) is 12.6 Å². The van der Waals surface area contributed by atoms with Gasteiger partial charge in [-0.3, -0.25) is 4.79 Å². The predicted octanol–water partition coefficient (Wildman–Crippen LogP) is 3.91. The fourth-order valence-corrected chi connectivity index (χ4v) is 2.18. The van der Waals surface area contributed by atoms with Crippen LogP contribution in [0.25, 0.3) is 0 Å². The lowest BCUT2D eigenvalue weighted by atomic mass is 10.1. The molecule has 0 heterocycles. The van der Waals surface area contributed by atoms with Crippen molar-refractivity contribution in [1.29, 1.82) is 0 Å². The van der Waals surface area contributed by atoms with Crippen LogP contribution in [0.3, 0.4) is 0 Å². The Balaban J connectivity index is 1.82. The number of benzene rings is 2. The Kier molecular flexibility index (Phi) is 5.16. The second-order valence-corrected chi connectivity index (χ2v) is 5.09. The summed E-state index contributed by atoms with van der Waals surface area (Å²) in [5, 5.41) is 0. The quantitative estimate of drug-likeness (QED) is 0.617. The maximum atomic E-state index is 11.9. The van der Waals surface area contributed by atoms with Gasteiger partial charge in [-0.2, -0.15) is 0 Å². The zero-order valence-corrected chi connectivity index (χ0v) is 12.0. The summed E-state index contributed by atoms with van der Waals surface area (Å²) in [6.45, 7) is 0.401. The number of halogens is 1. The summed E-state index contributed by atoms with van der Waals surface area (Å²) in [5.74, 6) is -0.248. The topological polar surface area (TPSA) is 26.3 Å². The molecule has 3 heteroatoms. The third-order valence-corrected chi connectivity index (χ3v) is 3.68. The summed E-state index contributed by atoms with van der Waals surface area (Å²) >= 11 is 3.36. The minimum Gasteiger partial charge on any atom is -0.464 e. The van der Waals surface area contributed by atoms with Gasteiger partial charge in [-0.15, -0.1) is 0 Å². The van der Waals surface area contributed by atoms with Gasteiger partial charge in [-0.1, -0.05) is 76.6 Å². The second kappa shape index (κ2) is 7.10. The SMILES string of the molecule is O=C(OCCc1ccccc1)[C@@H](Br)c1ccccc1. The van der Waals surface area contributed by atoms with Gasteiger partial charge in [0.05, 0.1) is 6.61 Å². The summed E-state index contributed by atoms with van der Waals surface area (Å²) in [4.78, 5) is 11.5. The summed E-state index contributed by atoms with van der Waals surface area (Å²) < 4.78 is 5.28. The van der Waals surface area contributed by atoms with Gasteiger partial charge in [-0.05, 0) is 11.1 Å². The molecule has 0 amide bonds. The van der Waals surface area contributed by atoms with Gasteiger partial charge in [0, 0.05) is 6.42 Å². The van der Waals surface area contributed by atoms with Crippen molar-refractivity contribution in [2.75, 3.05) is 6.61 Å². The smallest absolute Gasteiger partial charge is 0.324 e. The number of carbonyl (C=O) groups excluding carboxylic acids is 1. The van der Waals surface area contributed by atoms with Crippen molar-refractivity contribution in [2.24, 2.45) is 0 Å². The van der Waals surface area contributed by atoms with Crippen LogP contribution in [0, 0.1) is 0 Å². The van der Waals surface area contributed by atoms with E-state index in [1.54, 1.807) is 0 Å². The molecule has 19 heavy (non-hydrogen) atoms. The van der Waals surface area contributed by atoms with Crippen molar-refractivity contribution < 1.29 is 9.53 Å². The second-order valence-electron chi connectivity index (χ2n) is 4.18. The highest BCUT2D eigenvalue weighted by Gasteiger charge is 2.17. The molecule has 0 unspecified atom stereocenters. The predicted molar refractivity (Wildman–Crippen MR) is 79.2 cm³/mol. The van der Waals surface area contributed by atoms with Gasteiger partial charge >= 0.3 is 5.97 Å². The lowest BCUT2D eigenvalue weighted by molar-refractivity contribution is -0.142. The highest BCUT2D eigenvalue weighted by atomic mass is 79.9. The Bertz CT molecular complexity index is 511. The van der Waals surface area contributed by atoms with E-state index in [0.717, 1.165) is 12.0 Å². The van der Waals surface area contributed by atoms with E-state index >= 15 is 0 Å². The third-order valence-electron chi connectivity index (χ3n) is 2.78. The molecule has 0 aromatic heterocycles. The van der Waals surface area contributed by atoms with Crippen molar-refractivity contribution in [3.05, 3.63) is 71.8 Å². The van der Waals surface area contributed by atoms with Gasteiger partial charge in [0.1, 0.15) is 4.83 Å². The molecule has 0 aliphatic carbocycles. The molecular weight excluding hydrogens is 304 g/mol. The molecule has 98 valence electrons. The lowest BCUT2D eigenvalue weighted by Gasteiger charge is -2.10. The number of alkyl halides is 1. The van der Waals surface area contributed by atoms with Gasteiger partial charge in [-0.25, -0.2) is 0 Å². The Labute approximate surface area is 121 Å². The molecule has 0 aliphatic rings. The molecule has 2 aromatic carbocycles. The molecule has 2 nitrogen and oxygen atoms in total. The van der Waals surface area contributed by atoms with E-state index in [1.165, 1.54) is 5.56 Å². The molecule has 0 saturated heterocycles. The Hall–Kier alpha value is -1.61. The van der Waals surface area contributed by atoms with E-state index in [2.05, 4.69) is 15.9 Å². The Morgan fingerprint density at radius 2 is 1.58 bits per heavy atom. The molecule has 0 radical (unpaired) electrons. The number of esters is 1. The molecular formula is C16H15BrO2. The van der Waals surface area contributed by atoms with Crippen LogP contribution in [0.15, 0.2) is 60.7 Å². The third kappa shape index (κ3) is 4.21. The van der Waals surface area contributed by atoms with Crippen molar-refractivity contribution in [3.8, 4) is 0 Å². The highest BCUT2D eigenvalue weighted by molar-refractivity contribution is 9.09. The number of hydrogen-bond donors (Lipinski definition) is 0. The molecule has 0 saturated carbocycles. The summed E-state index contributed by atoms with van der Waals surface area (Å²) in [5.41, 5.74) is 2.08. The van der Waals surface area contributed by atoms with E-state index < -0.39 is 4.83 Å². The highest BCUT2D eigenvalue weighted by Crippen LogP contribution is 2.23. The number of ether oxygens (including phenoxy) is 1. The van der Waals surface area contributed by atoms with Crippen LogP contribution in [0.5, 0.6) is 0 Å². The first-order chi connectivity index (χ1) is 9.27. The van der Waals surface area contributed by atoms with E-state index in [1.807, 2.05) is 60.7 Å². The molecule has 0 aliphatic heterocycles. The number of hydrogen-bond acceptors (Lipinski definition) is 2. The average Bonchev–Trinajstić information content (AvgIpc) is 2.48. The molecule has 0 spiro atoms. The monoisotopic (exact) mass is 318 g/mol. The van der Waals surface area contributed by atoms with E-state index in [-0.39, 0.29) is 5.97 Å². The Morgan fingerprint density at radius 3 is 2.21 bits per heavy atom. The van der Waals surface area contributed by atoms with Crippen LogP contribution in [0.2, 0.25) is 0 Å². The van der Waals surface area contributed by atoms with Gasteiger partial charge < -0.3 is 4.74 Å². The number of carbonyl (C=O) groups is 1. The maximum Gasteiger partial charge on any atom is 0.324 e.